The minimum absolute atomic E-state index is 0.218. The third kappa shape index (κ3) is 3.01. The molecule has 0 radical (unpaired) electrons. The third-order valence-corrected chi connectivity index (χ3v) is 4.41. The highest BCUT2D eigenvalue weighted by Crippen LogP contribution is 2.26. The maximum atomic E-state index is 14.2. The molecule has 0 unspecified atom stereocenters. The van der Waals surface area contributed by atoms with Gasteiger partial charge in [-0.15, -0.1) is 22.9 Å². The topological polar surface area (TPSA) is 42.4 Å². The van der Waals surface area contributed by atoms with Crippen molar-refractivity contribution in [1.82, 2.24) is 9.88 Å². The summed E-state index contributed by atoms with van der Waals surface area (Å²) in [6, 6.07) is 4.92. The smallest absolute Gasteiger partial charge is 0.410 e. The number of benzene rings is 1. The minimum atomic E-state index is -0.398. The van der Waals surface area contributed by atoms with Crippen LogP contribution in [0.4, 0.5) is 9.18 Å². The first-order valence-electron chi connectivity index (χ1n) is 6.38. The maximum Gasteiger partial charge on any atom is 0.410 e. The number of carbonyl (C=O) groups excluding carboxylic acids is 1. The molecule has 1 aromatic carbocycles. The highest BCUT2D eigenvalue weighted by Gasteiger charge is 2.23. The summed E-state index contributed by atoms with van der Waals surface area (Å²) in [6.45, 7) is 1.07. The molecule has 3 rings (SSSR count). The Morgan fingerprint density at radius 2 is 2.33 bits per heavy atom. The van der Waals surface area contributed by atoms with E-state index in [0.717, 1.165) is 10.7 Å². The van der Waals surface area contributed by atoms with E-state index in [-0.39, 0.29) is 12.4 Å². The van der Waals surface area contributed by atoms with Crippen molar-refractivity contribution in [3.05, 3.63) is 40.7 Å². The van der Waals surface area contributed by atoms with E-state index < -0.39 is 6.09 Å². The van der Waals surface area contributed by atoms with Gasteiger partial charge in [0.1, 0.15) is 17.4 Å². The van der Waals surface area contributed by atoms with Crippen LogP contribution >= 0.6 is 22.9 Å². The number of alkyl halides is 1. The lowest BCUT2D eigenvalue weighted by atomic mass is 10.1. The molecule has 1 aliphatic rings. The Bertz CT molecular complexity index is 677. The monoisotopic (exact) mass is 326 g/mol. The van der Waals surface area contributed by atoms with Gasteiger partial charge in [0.05, 0.1) is 24.7 Å². The molecule has 0 spiro atoms. The van der Waals surface area contributed by atoms with Crippen molar-refractivity contribution in [3.63, 3.8) is 0 Å². The van der Waals surface area contributed by atoms with E-state index in [1.54, 1.807) is 12.1 Å². The first kappa shape index (κ1) is 14.3. The van der Waals surface area contributed by atoms with Crippen LogP contribution in [0.3, 0.4) is 0 Å². The fourth-order valence-electron chi connectivity index (χ4n) is 2.08. The average Bonchev–Trinajstić information content (AvgIpc) is 3.10. The molecule has 21 heavy (non-hydrogen) atoms. The molecule has 1 amide bonds. The number of hydrogen-bond acceptors (Lipinski definition) is 4. The number of carbonyl (C=O) groups is 1. The Labute approximate surface area is 130 Å². The largest absolute Gasteiger partial charge is 0.448 e. The van der Waals surface area contributed by atoms with E-state index in [4.69, 9.17) is 16.3 Å². The molecule has 0 aliphatic carbocycles. The lowest BCUT2D eigenvalue weighted by Gasteiger charge is -2.13. The van der Waals surface area contributed by atoms with E-state index in [0.29, 0.717) is 30.2 Å². The van der Waals surface area contributed by atoms with Gasteiger partial charge in [0.25, 0.3) is 0 Å². The molecule has 0 N–H and O–H groups in total. The van der Waals surface area contributed by atoms with Gasteiger partial charge in [-0.05, 0) is 6.07 Å². The van der Waals surface area contributed by atoms with Crippen LogP contribution in [0.2, 0.25) is 0 Å². The van der Waals surface area contributed by atoms with Crippen LogP contribution < -0.4 is 0 Å². The van der Waals surface area contributed by atoms with Gasteiger partial charge in [-0.25, -0.2) is 14.2 Å². The quantitative estimate of drug-likeness (QED) is 0.806. The zero-order valence-corrected chi connectivity index (χ0v) is 12.6. The highest BCUT2D eigenvalue weighted by atomic mass is 35.5. The van der Waals surface area contributed by atoms with Crippen molar-refractivity contribution >= 4 is 29.0 Å². The number of halogens is 2. The van der Waals surface area contributed by atoms with Gasteiger partial charge in [0, 0.05) is 16.5 Å². The minimum Gasteiger partial charge on any atom is -0.448 e. The molecular formula is C14H12ClFN2O2S. The second-order valence-corrected chi connectivity index (χ2v) is 5.75. The molecule has 1 fully saturated rings. The zero-order chi connectivity index (χ0) is 14.8. The van der Waals surface area contributed by atoms with Crippen LogP contribution in [0.1, 0.15) is 11.3 Å². The Balaban J connectivity index is 1.80. The summed E-state index contributed by atoms with van der Waals surface area (Å²) in [4.78, 5) is 17.2. The van der Waals surface area contributed by atoms with Gasteiger partial charge in [0.2, 0.25) is 0 Å². The summed E-state index contributed by atoms with van der Waals surface area (Å²) in [5.41, 5.74) is 1.95. The first-order chi connectivity index (χ1) is 10.2. The lowest BCUT2D eigenvalue weighted by molar-refractivity contribution is 0.157. The molecule has 0 bridgehead atoms. The van der Waals surface area contributed by atoms with Gasteiger partial charge < -0.3 is 9.64 Å². The van der Waals surface area contributed by atoms with Gasteiger partial charge in [-0.3, -0.25) is 0 Å². The summed E-state index contributed by atoms with van der Waals surface area (Å²) in [5.74, 6) is -0.0106. The number of aromatic nitrogens is 1. The van der Waals surface area contributed by atoms with Crippen molar-refractivity contribution in [1.29, 1.82) is 0 Å². The van der Waals surface area contributed by atoms with E-state index in [9.17, 15) is 9.18 Å². The van der Waals surface area contributed by atoms with E-state index in [1.165, 1.54) is 22.3 Å². The predicted octanol–water partition coefficient (Wildman–Crippen LogP) is 3.64. The van der Waals surface area contributed by atoms with Crippen LogP contribution in [-0.2, 0) is 17.2 Å². The van der Waals surface area contributed by atoms with E-state index in [2.05, 4.69) is 4.98 Å². The fourth-order valence-corrected chi connectivity index (χ4v) is 3.13. The molecule has 4 nitrogen and oxygen atoms in total. The Morgan fingerprint density at radius 1 is 1.48 bits per heavy atom. The van der Waals surface area contributed by atoms with E-state index >= 15 is 0 Å². The average molecular weight is 327 g/mol. The second-order valence-electron chi connectivity index (χ2n) is 4.62. The SMILES string of the molecule is O=C1OCCN1Cc1ccc(-c2nc(CCl)cs2)cc1F. The highest BCUT2D eigenvalue weighted by molar-refractivity contribution is 7.13. The van der Waals surface area contributed by atoms with E-state index in [1.807, 2.05) is 5.38 Å². The Morgan fingerprint density at radius 3 is 2.95 bits per heavy atom. The summed E-state index contributed by atoms with van der Waals surface area (Å²) >= 11 is 7.14. The summed E-state index contributed by atoms with van der Waals surface area (Å²) in [7, 11) is 0. The number of hydrogen-bond donors (Lipinski definition) is 0. The van der Waals surface area contributed by atoms with Gasteiger partial charge in [-0.2, -0.15) is 0 Å². The van der Waals surface area contributed by atoms with Crippen LogP contribution in [0.25, 0.3) is 10.6 Å². The summed E-state index contributed by atoms with van der Waals surface area (Å²) < 4.78 is 19.0. The Kier molecular flexibility index (Phi) is 4.07. The number of ether oxygens (including phenoxy) is 1. The number of rotatable bonds is 4. The molecule has 0 saturated carbocycles. The molecular weight excluding hydrogens is 315 g/mol. The second kappa shape index (κ2) is 5.99. The van der Waals surface area contributed by atoms with Crippen molar-refractivity contribution < 1.29 is 13.9 Å². The fraction of sp³-hybridized carbons (Fsp3) is 0.286. The van der Waals surface area contributed by atoms with Crippen LogP contribution in [-0.4, -0.2) is 29.1 Å². The Hall–Kier alpha value is -1.66. The molecule has 1 saturated heterocycles. The molecule has 2 heterocycles. The number of amides is 1. The van der Waals surface area contributed by atoms with Crippen LogP contribution in [0.15, 0.2) is 23.6 Å². The number of nitrogens with zero attached hydrogens (tertiary/aromatic N) is 2. The van der Waals surface area contributed by atoms with Gasteiger partial charge >= 0.3 is 6.09 Å². The van der Waals surface area contributed by atoms with Gasteiger partial charge in [-0.1, -0.05) is 12.1 Å². The van der Waals surface area contributed by atoms with Crippen LogP contribution in [0.5, 0.6) is 0 Å². The summed E-state index contributed by atoms with van der Waals surface area (Å²) in [6.07, 6.45) is -0.398. The van der Waals surface area contributed by atoms with Crippen molar-refractivity contribution in [2.24, 2.45) is 0 Å². The van der Waals surface area contributed by atoms with Crippen molar-refractivity contribution in [2.45, 2.75) is 12.4 Å². The predicted molar refractivity (Wildman–Crippen MR) is 78.8 cm³/mol. The maximum absolute atomic E-state index is 14.2. The molecule has 7 heteroatoms. The first-order valence-corrected chi connectivity index (χ1v) is 7.79. The zero-order valence-electron chi connectivity index (χ0n) is 11.0. The lowest BCUT2D eigenvalue weighted by Crippen LogP contribution is -2.24. The van der Waals surface area contributed by atoms with Crippen molar-refractivity contribution in [2.75, 3.05) is 13.2 Å². The standard InChI is InChI=1S/C14H12ClFN2O2S/c15-6-11-8-21-13(17-11)9-1-2-10(12(16)5-9)7-18-3-4-20-14(18)19/h1-2,5,8H,3-4,6-7H2. The van der Waals surface area contributed by atoms with Crippen molar-refractivity contribution in [3.8, 4) is 10.6 Å². The van der Waals surface area contributed by atoms with Crippen LogP contribution in [0, 0.1) is 5.82 Å². The number of cyclic esters (lactones) is 1. The number of thiazole rings is 1. The third-order valence-electron chi connectivity index (χ3n) is 3.19. The molecule has 1 aliphatic heterocycles. The molecule has 1 aromatic heterocycles. The van der Waals surface area contributed by atoms with Gasteiger partial charge in [0.15, 0.2) is 0 Å². The molecule has 110 valence electrons. The molecule has 0 atom stereocenters. The molecule has 2 aromatic rings. The summed E-state index contributed by atoms with van der Waals surface area (Å²) in [5, 5.41) is 2.59. The normalized spacial score (nSPS) is 14.6.